The first-order valence-corrected chi connectivity index (χ1v) is 4.46. The largest absolute Gasteiger partial charge is 0.197 e. The maximum atomic E-state index is 9.03. The third-order valence-electron chi connectivity index (χ3n) is 2.74. The van der Waals surface area contributed by atoms with Crippen LogP contribution in [0.3, 0.4) is 0 Å². The van der Waals surface area contributed by atoms with Crippen molar-refractivity contribution in [1.82, 2.24) is 0 Å². The Kier molecular flexibility index (Phi) is 1.70. The Morgan fingerprint density at radius 2 is 2.15 bits per heavy atom. The summed E-state index contributed by atoms with van der Waals surface area (Å²) >= 11 is 0. The number of aryl methyl sites for hydroxylation is 1. The van der Waals surface area contributed by atoms with Crippen molar-refractivity contribution < 1.29 is 0 Å². The van der Waals surface area contributed by atoms with Crippen molar-refractivity contribution in [3.05, 3.63) is 29.3 Å². The lowest BCUT2D eigenvalue weighted by Crippen LogP contribution is -2.11. The van der Waals surface area contributed by atoms with Crippen LogP contribution >= 0.6 is 0 Å². The summed E-state index contributed by atoms with van der Waals surface area (Å²) in [6.45, 7) is 2.03. The van der Waals surface area contributed by atoms with Gasteiger partial charge in [-0.05, 0) is 30.9 Å². The molecule has 2 radical (unpaired) electrons. The molecule has 0 N–H and O–H groups in total. The summed E-state index contributed by atoms with van der Waals surface area (Å²) in [6.07, 6.45) is 1.96. The van der Waals surface area contributed by atoms with Crippen LogP contribution in [0.2, 0.25) is 0 Å². The number of benzene rings is 1. The third-order valence-corrected chi connectivity index (χ3v) is 2.74. The van der Waals surface area contributed by atoms with E-state index in [9.17, 15) is 0 Å². The molecule has 0 spiro atoms. The molecule has 0 unspecified atom stereocenters. The lowest BCUT2D eigenvalue weighted by Gasteiger charge is -2.10. The second kappa shape index (κ2) is 2.63. The van der Waals surface area contributed by atoms with Gasteiger partial charge in [0.1, 0.15) is 7.85 Å². The zero-order valence-electron chi connectivity index (χ0n) is 7.67. The van der Waals surface area contributed by atoms with E-state index in [1.165, 1.54) is 5.56 Å². The molecular weight excluding hydrogens is 157 g/mol. The fraction of sp³-hybridized carbons (Fsp3) is 0.364. The zero-order chi connectivity index (χ0) is 9.47. The van der Waals surface area contributed by atoms with Crippen molar-refractivity contribution in [2.75, 3.05) is 0 Å². The van der Waals surface area contributed by atoms with E-state index in [-0.39, 0.29) is 5.41 Å². The summed E-state index contributed by atoms with van der Waals surface area (Å²) < 4.78 is 0. The highest BCUT2D eigenvalue weighted by Gasteiger charge is 2.45. The molecule has 0 atom stereocenters. The molecule has 62 valence electrons. The molecule has 1 aliphatic rings. The maximum absolute atomic E-state index is 9.03. The summed E-state index contributed by atoms with van der Waals surface area (Å²) in [7, 11) is 5.70. The molecule has 1 aromatic rings. The van der Waals surface area contributed by atoms with Gasteiger partial charge < -0.3 is 0 Å². The summed E-state index contributed by atoms with van der Waals surface area (Å²) in [5, 5.41) is 9.03. The molecule has 0 heterocycles. The van der Waals surface area contributed by atoms with Crippen LogP contribution in [0.25, 0.3) is 0 Å². The average Bonchev–Trinajstić information content (AvgIpc) is 2.90. The SMILES string of the molecule is [B]c1ccc(C)c(C2(C#N)CC2)c1. The van der Waals surface area contributed by atoms with Crippen molar-refractivity contribution in [3.8, 4) is 6.07 Å². The number of hydrogen-bond donors (Lipinski definition) is 0. The van der Waals surface area contributed by atoms with E-state index in [0.29, 0.717) is 0 Å². The maximum Gasteiger partial charge on any atom is 0.113 e. The van der Waals surface area contributed by atoms with E-state index >= 15 is 0 Å². The number of nitrogens with zero attached hydrogens (tertiary/aromatic N) is 1. The van der Waals surface area contributed by atoms with Crippen molar-refractivity contribution in [2.45, 2.75) is 25.2 Å². The lowest BCUT2D eigenvalue weighted by molar-refractivity contribution is 0.897. The normalized spacial score (nSPS) is 17.8. The summed E-state index contributed by atoms with van der Waals surface area (Å²) in [6, 6.07) is 8.19. The Balaban J connectivity index is 2.52. The minimum atomic E-state index is -0.209. The van der Waals surface area contributed by atoms with E-state index in [1.54, 1.807) is 0 Å². The van der Waals surface area contributed by atoms with Gasteiger partial charge in [0, 0.05) is 0 Å². The van der Waals surface area contributed by atoms with Crippen molar-refractivity contribution >= 4 is 13.3 Å². The highest BCUT2D eigenvalue weighted by molar-refractivity contribution is 6.32. The van der Waals surface area contributed by atoms with E-state index in [4.69, 9.17) is 13.1 Å². The first-order valence-electron chi connectivity index (χ1n) is 4.46. The van der Waals surface area contributed by atoms with Crippen molar-refractivity contribution in [1.29, 1.82) is 5.26 Å². The van der Waals surface area contributed by atoms with Crippen molar-refractivity contribution in [2.24, 2.45) is 0 Å². The van der Waals surface area contributed by atoms with Gasteiger partial charge in [0.2, 0.25) is 0 Å². The minimum Gasteiger partial charge on any atom is -0.197 e. The Bertz CT molecular complexity index is 386. The molecule has 0 aliphatic heterocycles. The molecule has 13 heavy (non-hydrogen) atoms. The fourth-order valence-corrected chi connectivity index (χ4v) is 1.72. The summed E-state index contributed by atoms with van der Waals surface area (Å²) in [5.74, 6) is 0. The van der Waals surface area contributed by atoms with Crippen LogP contribution in [0.1, 0.15) is 24.0 Å². The Morgan fingerprint density at radius 1 is 1.46 bits per heavy atom. The molecule has 0 saturated heterocycles. The first kappa shape index (κ1) is 8.38. The first-order chi connectivity index (χ1) is 6.18. The molecule has 0 bridgehead atoms. The van der Waals surface area contributed by atoms with Gasteiger partial charge in [-0.1, -0.05) is 23.7 Å². The average molecular weight is 167 g/mol. The molecule has 1 saturated carbocycles. The molecule has 0 amide bonds. The van der Waals surface area contributed by atoms with Gasteiger partial charge in [0.15, 0.2) is 0 Å². The topological polar surface area (TPSA) is 23.8 Å². The van der Waals surface area contributed by atoms with Crippen LogP contribution in [0, 0.1) is 18.3 Å². The lowest BCUT2D eigenvalue weighted by atomic mass is 9.86. The highest BCUT2D eigenvalue weighted by atomic mass is 14.5. The molecule has 1 fully saturated rings. The summed E-state index contributed by atoms with van der Waals surface area (Å²) in [4.78, 5) is 0. The molecule has 1 aromatic carbocycles. The van der Waals surface area contributed by atoms with E-state index in [1.807, 2.05) is 25.1 Å². The quantitative estimate of drug-likeness (QED) is 0.579. The number of nitriles is 1. The third kappa shape index (κ3) is 1.25. The predicted octanol–water partition coefficient (Wildman–Crippen LogP) is 1.34. The zero-order valence-corrected chi connectivity index (χ0v) is 7.67. The molecular formula is C11H10BN. The van der Waals surface area contributed by atoms with Crippen LogP contribution in [-0.4, -0.2) is 7.85 Å². The molecule has 2 rings (SSSR count). The van der Waals surface area contributed by atoms with Crippen LogP contribution < -0.4 is 5.46 Å². The number of rotatable bonds is 1. The minimum absolute atomic E-state index is 0.209. The molecule has 1 nitrogen and oxygen atoms in total. The molecule has 0 aromatic heterocycles. The van der Waals surface area contributed by atoms with Gasteiger partial charge >= 0.3 is 0 Å². The van der Waals surface area contributed by atoms with Gasteiger partial charge in [-0.15, -0.1) is 0 Å². The predicted molar refractivity (Wildman–Crippen MR) is 53.1 cm³/mol. The van der Waals surface area contributed by atoms with Crippen LogP contribution in [-0.2, 0) is 5.41 Å². The van der Waals surface area contributed by atoms with E-state index < -0.39 is 0 Å². The summed E-state index contributed by atoms with van der Waals surface area (Å²) in [5.41, 5.74) is 2.84. The second-order valence-corrected chi connectivity index (χ2v) is 3.77. The van der Waals surface area contributed by atoms with Gasteiger partial charge in [0.05, 0.1) is 11.5 Å². The second-order valence-electron chi connectivity index (χ2n) is 3.77. The number of hydrogen-bond acceptors (Lipinski definition) is 1. The monoisotopic (exact) mass is 167 g/mol. The standard InChI is InChI=1S/C11H10BN/c1-8-2-3-9(12)6-10(8)11(7-13)4-5-11/h2-3,6H,4-5H2,1H3. The van der Waals surface area contributed by atoms with Gasteiger partial charge in [-0.25, -0.2) is 0 Å². The Morgan fingerprint density at radius 3 is 2.69 bits per heavy atom. The van der Waals surface area contributed by atoms with E-state index in [2.05, 4.69) is 6.07 Å². The highest BCUT2D eigenvalue weighted by Crippen LogP contribution is 2.48. The fourth-order valence-electron chi connectivity index (χ4n) is 1.72. The van der Waals surface area contributed by atoms with Gasteiger partial charge in [-0.2, -0.15) is 5.26 Å². The Hall–Kier alpha value is -1.23. The molecule has 1 aliphatic carbocycles. The Labute approximate surface area is 79.8 Å². The van der Waals surface area contributed by atoms with Gasteiger partial charge in [-0.3, -0.25) is 0 Å². The van der Waals surface area contributed by atoms with Crippen molar-refractivity contribution in [3.63, 3.8) is 0 Å². The smallest absolute Gasteiger partial charge is 0.113 e. The van der Waals surface area contributed by atoms with Gasteiger partial charge in [0.25, 0.3) is 0 Å². The van der Waals surface area contributed by atoms with E-state index in [0.717, 1.165) is 23.9 Å². The van der Waals surface area contributed by atoms with Crippen LogP contribution in [0.15, 0.2) is 18.2 Å². The molecule has 2 heteroatoms. The van der Waals surface area contributed by atoms with Crippen LogP contribution in [0.5, 0.6) is 0 Å². The van der Waals surface area contributed by atoms with Crippen LogP contribution in [0.4, 0.5) is 0 Å².